The zero-order valence-corrected chi connectivity index (χ0v) is 13.4. The molecule has 1 aromatic carbocycles. The average molecular weight is 367 g/mol. The van der Waals surface area contributed by atoms with Crippen LogP contribution in [0.1, 0.15) is 0 Å². The lowest BCUT2D eigenvalue weighted by molar-refractivity contribution is -0.384. The first kappa shape index (κ1) is 17.4. The van der Waals surface area contributed by atoms with Gasteiger partial charge in [0, 0.05) is 12.1 Å². The van der Waals surface area contributed by atoms with Crippen molar-refractivity contribution in [3.8, 4) is 5.75 Å². The van der Waals surface area contributed by atoms with Gasteiger partial charge < -0.3 is 10.1 Å². The number of nitro groups is 1. The maximum Gasteiger partial charge on any atom is 0.297 e. The van der Waals surface area contributed by atoms with Gasteiger partial charge in [-0.3, -0.25) is 14.3 Å². The highest BCUT2D eigenvalue weighted by atomic mass is 32.2. The smallest absolute Gasteiger partial charge is 0.297 e. The quantitative estimate of drug-likeness (QED) is 0.392. The molecule has 0 saturated carbocycles. The molecule has 1 aromatic rings. The predicted octanol–water partition coefficient (Wildman–Crippen LogP) is -0.609. The number of anilines is 1. The zero-order valence-electron chi connectivity index (χ0n) is 11.8. The van der Waals surface area contributed by atoms with Crippen molar-refractivity contribution in [1.82, 2.24) is 0 Å². The number of benzene rings is 1. The fourth-order valence-corrected chi connectivity index (χ4v) is 2.83. The number of nitrogens with zero attached hydrogens (tertiary/aromatic N) is 1. The van der Waals surface area contributed by atoms with Gasteiger partial charge in [-0.25, -0.2) is 13.6 Å². The topological polar surface area (TPSA) is 168 Å². The highest BCUT2D eigenvalue weighted by molar-refractivity contribution is 7.89. The van der Waals surface area contributed by atoms with E-state index in [9.17, 15) is 26.9 Å². The molecule has 3 N–H and O–H groups in total. The van der Waals surface area contributed by atoms with Gasteiger partial charge in [0.25, 0.3) is 15.8 Å². The number of sulfonamides is 1. The summed E-state index contributed by atoms with van der Waals surface area (Å²) in [7, 11) is -7.83. The molecule has 0 aromatic heterocycles. The molecule has 1 atom stereocenters. The summed E-state index contributed by atoms with van der Waals surface area (Å²) in [4.78, 5) is 9.86. The van der Waals surface area contributed by atoms with Gasteiger partial charge in [-0.05, 0) is 0 Å². The summed E-state index contributed by atoms with van der Waals surface area (Å²) in [5.74, 6) is -0.0705. The molecular weight excluding hydrogens is 354 g/mol. The second kappa shape index (κ2) is 5.92. The lowest BCUT2D eigenvalue weighted by atomic mass is 10.2. The third-order valence-electron chi connectivity index (χ3n) is 2.85. The number of hydrogen-bond donors (Lipinski definition) is 2. The second-order valence-electron chi connectivity index (χ2n) is 4.76. The van der Waals surface area contributed by atoms with E-state index in [0.717, 1.165) is 18.4 Å². The first-order valence-corrected chi connectivity index (χ1v) is 9.42. The number of rotatable bonds is 5. The van der Waals surface area contributed by atoms with Crippen LogP contribution in [0.5, 0.6) is 5.75 Å². The van der Waals surface area contributed by atoms with Gasteiger partial charge in [0.05, 0.1) is 28.7 Å². The summed E-state index contributed by atoms with van der Waals surface area (Å²) in [5.41, 5.74) is -0.633. The molecule has 13 heteroatoms. The van der Waals surface area contributed by atoms with E-state index in [2.05, 4.69) is 9.50 Å². The fraction of sp³-hybridized carbons (Fsp3) is 0.400. The van der Waals surface area contributed by atoms with Gasteiger partial charge in [0.1, 0.15) is 6.61 Å². The first-order valence-electron chi connectivity index (χ1n) is 6.06. The predicted molar refractivity (Wildman–Crippen MR) is 78.2 cm³/mol. The molecule has 1 heterocycles. The van der Waals surface area contributed by atoms with Gasteiger partial charge in [-0.1, -0.05) is 0 Å². The van der Waals surface area contributed by atoms with Crippen LogP contribution in [0.25, 0.3) is 0 Å². The van der Waals surface area contributed by atoms with Crippen LogP contribution >= 0.6 is 0 Å². The highest BCUT2D eigenvalue weighted by Gasteiger charge is 2.30. The lowest BCUT2D eigenvalue weighted by Gasteiger charge is -2.26. The fourth-order valence-electron chi connectivity index (χ4n) is 1.88. The summed E-state index contributed by atoms with van der Waals surface area (Å²) < 4.78 is 54.5. The van der Waals surface area contributed by atoms with E-state index in [4.69, 9.17) is 9.88 Å². The molecule has 1 aliphatic rings. The summed E-state index contributed by atoms with van der Waals surface area (Å²) in [5, 5.41) is 18.8. The molecular formula is C10H13N3O8S2. The Morgan fingerprint density at radius 1 is 1.43 bits per heavy atom. The summed E-state index contributed by atoms with van der Waals surface area (Å²) >= 11 is 0. The average Bonchev–Trinajstić information content (AvgIpc) is 2.41. The first-order chi connectivity index (χ1) is 10.5. The van der Waals surface area contributed by atoms with Crippen LogP contribution in [0.3, 0.4) is 0 Å². The molecule has 2 rings (SSSR count). The van der Waals surface area contributed by atoms with Crippen LogP contribution in [0, 0.1) is 10.1 Å². The van der Waals surface area contributed by atoms with Crippen molar-refractivity contribution in [1.29, 1.82) is 0 Å². The molecule has 0 amide bonds. The number of nitrogens with one attached hydrogen (secondary N) is 1. The van der Waals surface area contributed by atoms with Gasteiger partial charge >= 0.3 is 0 Å². The van der Waals surface area contributed by atoms with Crippen molar-refractivity contribution in [3.63, 3.8) is 0 Å². The van der Waals surface area contributed by atoms with Crippen molar-refractivity contribution in [2.45, 2.75) is 10.9 Å². The maximum atomic E-state index is 11.4. The molecule has 1 unspecified atom stereocenters. The Labute approximate surface area is 131 Å². The number of hydrogen-bond acceptors (Lipinski definition) is 9. The summed E-state index contributed by atoms with van der Waals surface area (Å²) in [6, 6.07) is 1.18. The largest absolute Gasteiger partial charge is 0.489 e. The minimum Gasteiger partial charge on any atom is -0.489 e. The van der Waals surface area contributed by atoms with Crippen molar-refractivity contribution in [2.75, 3.05) is 24.8 Å². The Hall–Kier alpha value is -1.96. The Morgan fingerprint density at radius 2 is 2.09 bits per heavy atom. The Kier molecular flexibility index (Phi) is 4.48. The molecule has 0 spiro atoms. The van der Waals surface area contributed by atoms with Crippen molar-refractivity contribution in [3.05, 3.63) is 22.2 Å². The monoisotopic (exact) mass is 367 g/mol. The molecule has 0 saturated heterocycles. The minimum absolute atomic E-state index is 0.0705. The van der Waals surface area contributed by atoms with E-state index in [-0.39, 0.29) is 24.7 Å². The molecule has 0 bridgehead atoms. The minimum atomic E-state index is -4.15. The molecule has 23 heavy (non-hydrogen) atoms. The number of nitro benzene ring substituents is 1. The molecule has 11 nitrogen and oxygen atoms in total. The lowest BCUT2D eigenvalue weighted by Crippen LogP contribution is -2.36. The second-order valence-corrected chi connectivity index (χ2v) is 7.96. The van der Waals surface area contributed by atoms with Gasteiger partial charge in [0.15, 0.2) is 11.4 Å². The van der Waals surface area contributed by atoms with Crippen LogP contribution in [-0.2, 0) is 24.3 Å². The van der Waals surface area contributed by atoms with E-state index >= 15 is 0 Å². The van der Waals surface area contributed by atoms with Crippen LogP contribution in [0.2, 0.25) is 0 Å². The number of ether oxygens (including phenoxy) is 1. The number of primary sulfonamides is 1. The Morgan fingerprint density at radius 3 is 2.61 bits per heavy atom. The molecule has 1 aliphatic heterocycles. The maximum absolute atomic E-state index is 11.4. The molecule has 128 valence electrons. The molecule has 0 radical (unpaired) electrons. The SMILES string of the molecule is CS(=O)(=O)OCC1COc2cc(S(N)(=O)=O)cc([N+](=O)[O-])c2N1. The van der Waals surface area contributed by atoms with Crippen LogP contribution in [0.4, 0.5) is 11.4 Å². The van der Waals surface area contributed by atoms with E-state index in [1.807, 2.05) is 0 Å². The van der Waals surface area contributed by atoms with Crippen molar-refractivity contribution >= 4 is 31.5 Å². The van der Waals surface area contributed by atoms with E-state index in [0.29, 0.717) is 0 Å². The van der Waals surface area contributed by atoms with E-state index < -0.39 is 41.7 Å². The van der Waals surface area contributed by atoms with Crippen LogP contribution in [-0.4, -0.2) is 47.3 Å². The zero-order chi connectivity index (χ0) is 17.4. The number of nitrogens with two attached hydrogens (primary N) is 1. The summed E-state index contributed by atoms with van der Waals surface area (Å²) in [6.45, 7) is -0.375. The van der Waals surface area contributed by atoms with Crippen molar-refractivity contribution in [2.24, 2.45) is 5.14 Å². The highest BCUT2D eigenvalue weighted by Crippen LogP contribution is 2.39. The van der Waals surface area contributed by atoms with E-state index in [1.54, 1.807) is 0 Å². The Balaban J connectivity index is 2.37. The summed E-state index contributed by atoms with van der Waals surface area (Å²) in [6.07, 6.45) is 0.867. The van der Waals surface area contributed by atoms with Gasteiger partial charge in [0.2, 0.25) is 10.0 Å². The molecule has 0 aliphatic carbocycles. The van der Waals surface area contributed by atoms with Crippen molar-refractivity contribution < 1.29 is 30.7 Å². The van der Waals surface area contributed by atoms with Gasteiger partial charge in [-0.15, -0.1) is 0 Å². The van der Waals surface area contributed by atoms with Crippen LogP contribution in [0.15, 0.2) is 17.0 Å². The van der Waals surface area contributed by atoms with Crippen LogP contribution < -0.4 is 15.2 Å². The molecule has 0 fully saturated rings. The van der Waals surface area contributed by atoms with Gasteiger partial charge in [-0.2, -0.15) is 8.42 Å². The number of fused-ring (bicyclic) bond motifs is 1. The normalized spacial score (nSPS) is 17.7. The Bertz CT molecular complexity index is 849. The third kappa shape index (κ3) is 4.28. The van der Waals surface area contributed by atoms with E-state index in [1.165, 1.54) is 0 Å². The standard InChI is InChI=1S/C10H13N3O8S2/c1-22(16,17)21-5-6-4-20-9-3-7(23(11,18)19)2-8(13(14)15)10(9)12-6/h2-3,6,12H,4-5H2,1H3,(H2,11,18,19). The third-order valence-corrected chi connectivity index (χ3v) is 4.31.